The van der Waals surface area contributed by atoms with Gasteiger partial charge in [-0.05, 0) is 18.4 Å². The van der Waals surface area contributed by atoms with Crippen molar-refractivity contribution in [3.8, 4) is 5.75 Å². The zero-order chi connectivity index (χ0) is 12.3. The van der Waals surface area contributed by atoms with E-state index in [1.54, 1.807) is 0 Å². The molecule has 4 heteroatoms. The number of aliphatic hydroxyl groups excluding tert-OH is 1. The molecule has 1 aromatic carbocycles. The van der Waals surface area contributed by atoms with Crippen molar-refractivity contribution in [2.75, 3.05) is 20.8 Å². The number of hydrogen-bond acceptors (Lipinski definition) is 4. The fourth-order valence-electron chi connectivity index (χ4n) is 2.15. The summed E-state index contributed by atoms with van der Waals surface area (Å²) in [5.41, 5.74) is 1.87. The van der Waals surface area contributed by atoms with Gasteiger partial charge in [0.15, 0.2) is 6.29 Å². The average Bonchev–Trinajstić information content (AvgIpc) is 2.39. The Morgan fingerprint density at radius 2 is 2.06 bits per heavy atom. The highest BCUT2D eigenvalue weighted by Gasteiger charge is 2.25. The number of hydrogen-bond donors (Lipinski definition) is 1. The van der Waals surface area contributed by atoms with Crippen molar-refractivity contribution in [2.45, 2.75) is 25.2 Å². The minimum Gasteiger partial charge on any atom is -0.493 e. The molecule has 1 atom stereocenters. The fourth-order valence-corrected chi connectivity index (χ4v) is 2.15. The molecule has 0 aromatic heterocycles. The molecule has 0 fully saturated rings. The van der Waals surface area contributed by atoms with Crippen LogP contribution in [0.15, 0.2) is 18.2 Å². The smallest absolute Gasteiger partial charge is 0.187 e. The fraction of sp³-hybridized carbons (Fsp3) is 0.538. The third-order valence-corrected chi connectivity index (χ3v) is 3.00. The highest BCUT2D eigenvalue weighted by molar-refractivity contribution is 5.44. The van der Waals surface area contributed by atoms with E-state index >= 15 is 0 Å². The molecular weight excluding hydrogens is 220 g/mol. The summed E-state index contributed by atoms with van der Waals surface area (Å²) in [5.74, 6) is 0.783. The maximum Gasteiger partial charge on any atom is 0.187 e. The van der Waals surface area contributed by atoms with Crippen LogP contribution in [0.2, 0.25) is 0 Å². The van der Waals surface area contributed by atoms with Crippen molar-refractivity contribution in [2.24, 2.45) is 0 Å². The molecule has 4 nitrogen and oxygen atoms in total. The molecule has 0 radical (unpaired) electrons. The monoisotopic (exact) mass is 238 g/mol. The Morgan fingerprint density at radius 1 is 1.29 bits per heavy atom. The molecule has 1 N–H and O–H groups in total. The predicted octanol–water partition coefficient (Wildman–Crippen LogP) is 1.66. The molecule has 0 aliphatic carbocycles. The van der Waals surface area contributed by atoms with Crippen molar-refractivity contribution in [3.05, 3.63) is 29.3 Å². The molecule has 1 aliphatic rings. The van der Waals surface area contributed by atoms with Crippen molar-refractivity contribution in [3.63, 3.8) is 0 Å². The van der Waals surface area contributed by atoms with Crippen LogP contribution in [0.5, 0.6) is 5.75 Å². The third-order valence-electron chi connectivity index (χ3n) is 3.00. The van der Waals surface area contributed by atoms with E-state index in [1.165, 1.54) is 14.2 Å². The van der Waals surface area contributed by atoms with E-state index < -0.39 is 12.4 Å². The molecule has 1 unspecified atom stereocenters. The summed E-state index contributed by atoms with van der Waals surface area (Å²) in [6, 6.07) is 5.80. The summed E-state index contributed by atoms with van der Waals surface area (Å²) in [7, 11) is 3.02. The molecular formula is C13H18O4. The van der Waals surface area contributed by atoms with Crippen LogP contribution in [0, 0.1) is 0 Å². The molecule has 0 spiro atoms. The first-order valence-corrected chi connectivity index (χ1v) is 5.76. The molecule has 1 heterocycles. The normalized spacial score (nSPS) is 16.5. The van der Waals surface area contributed by atoms with Crippen LogP contribution >= 0.6 is 0 Å². The van der Waals surface area contributed by atoms with Gasteiger partial charge in [0.2, 0.25) is 0 Å². The maximum atomic E-state index is 10.2. The number of fused-ring (bicyclic) bond motifs is 1. The lowest BCUT2D eigenvalue weighted by molar-refractivity contribution is -0.166. The van der Waals surface area contributed by atoms with E-state index in [0.717, 1.165) is 29.7 Å². The second-order valence-corrected chi connectivity index (χ2v) is 4.07. The van der Waals surface area contributed by atoms with Crippen molar-refractivity contribution in [1.29, 1.82) is 0 Å². The van der Waals surface area contributed by atoms with Gasteiger partial charge in [0.1, 0.15) is 11.9 Å². The van der Waals surface area contributed by atoms with Gasteiger partial charge in [-0.3, -0.25) is 0 Å². The lowest BCUT2D eigenvalue weighted by Crippen LogP contribution is -2.24. The first-order chi connectivity index (χ1) is 8.27. The molecule has 2 rings (SSSR count). The summed E-state index contributed by atoms with van der Waals surface area (Å²) in [5, 5.41) is 10.2. The van der Waals surface area contributed by atoms with E-state index in [9.17, 15) is 5.11 Å². The number of para-hydroxylation sites is 1. The first kappa shape index (κ1) is 12.4. The summed E-state index contributed by atoms with van der Waals surface area (Å²) in [6.45, 7) is 0.696. The van der Waals surface area contributed by atoms with Crippen molar-refractivity contribution < 1.29 is 19.3 Å². The Labute approximate surface area is 101 Å². The van der Waals surface area contributed by atoms with Gasteiger partial charge in [0.05, 0.1) is 6.61 Å². The molecule has 0 saturated carbocycles. The topological polar surface area (TPSA) is 47.9 Å². The minimum atomic E-state index is -0.835. The van der Waals surface area contributed by atoms with Crippen LogP contribution in [-0.4, -0.2) is 32.2 Å². The van der Waals surface area contributed by atoms with Crippen LogP contribution in [0.4, 0.5) is 0 Å². The number of ether oxygens (including phenoxy) is 3. The number of methoxy groups -OCH3 is 2. The summed E-state index contributed by atoms with van der Waals surface area (Å²) in [6.07, 6.45) is 0.496. The van der Waals surface area contributed by atoms with E-state index in [2.05, 4.69) is 0 Å². The summed E-state index contributed by atoms with van der Waals surface area (Å²) in [4.78, 5) is 0. The Kier molecular flexibility index (Phi) is 3.99. The van der Waals surface area contributed by atoms with Gasteiger partial charge in [0, 0.05) is 19.8 Å². The lowest BCUT2D eigenvalue weighted by Gasteiger charge is -2.25. The third kappa shape index (κ3) is 2.44. The lowest BCUT2D eigenvalue weighted by atomic mass is 9.99. The van der Waals surface area contributed by atoms with Gasteiger partial charge in [-0.2, -0.15) is 0 Å². The molecule has 0 amide bonds. The zero-order valence-corrected chi connectivity index (χ0v) is 10.2. The van der Waals surface area contributed by atoms with E-state index in [-0.39, 0.29) is 0 Å². The molecule has 0 bridgehead atoms. The van der Waals surface area contributed by atoms with Crippen LogP contribution in [0.1, 0.15) is 23.7 Å². The average molecular weight is 238 g/mol. The summed E-state index contributed by atoms with van der Waals surface area (Å²) >= 11 is 0. The molecule has 94 valence electrons. The molecule has 0 saturated heterocycles. The Bertz CT molecular complexity index is 374. The Hall–Kier alpha value is -1.10. The zero-order valence-electron chi connectivity index (χ0n) is 10.2. The van der Waals surface area contributed by atoms with Gasteiger partial charge in [-0.1, -0.05) is 18.2 Å². The highest BCUT2D eigenvalue weighted by Crippen LogP contribution is 2.34. The van der Waals surface area contributed by atoms with E-state index in [4.69, 9.17) is 14.2 Å². The highest BCUT2D eigenvalue weighted by atomic mass is 16.7. The van der Waals surface area contributed by atoms with Crippen LogP contribution in [0.25, 0.3) is 0 Å². The largest absolute Gasteiger partial charge is 0.493 e. The quantitative estimate of drug-likeness (QED) is 0.810. The van der Waals surface area contributed by atoms with Crippen molar-refractivity contribution >= 4 is 0 Å². The van der Waals surface area contributed by atoms with Gasteiger partial charge >= 0.3 is 0 Å². The molecule has 17 heavy (non-hydrogen) atoms. The standard InChI is InChI=1S/C13H18O4/c1-15-13(16-2)11(14)10-7-3-5-9-6-4-8-17-12(9)10/h3,5,7,11,13-14H,4,6,8H2,1-2H3. The minimum absolute atomic E-state index is 0.674. The van der Waals surface area contributed by atoms with E-state index in [0.29, 0.717) is 6.61 Å². The predicted molar refractivity (Wildman–Crippen MR) is 63.0 cm³/mol. The Morgan fingerprint density at radius 3 is 2.76 bits per heavy atom. The second kappa shape index (κ2) is 5.49. The van der Waals surface area contributed by atoms with Gasteiger partial charge in [0.25, 0.3) is 0 Å². The van der Waals surface area contributed by atoms with Crippen LogP contribution < -0.4 is 4.74 Å². The number of benzene rings is 1. The van der Waals surface area contributed by atoms with E-state index in [1.807, 2.05) is 18.2 Å². The summed E-state index contributed by atoms with van der Waals surface area (Å²) < 4.78 is 15.8. The number of rotatable bonds is 4. The SMILES string of the molecule is COC(OC)C(O)c1cccc2c1OCCC2. The molecule has 1 aromatic rings. The van der Waals surface area contributed by atoms with Gasteiger partial charge in [-0.15, -0.1) is 0 Å². The van der Waals surface area contributed by atoms with Gasteiger partial charge < -0.3 is 19.3 Å². The maximum absolute atomic E-state index is 10.2. The second-order valence-electron chi connectivity index (χ2n) is 4.07. The molecule has 1 aliphatic heterocycles. The van der Waals surface area contributed by atoms with Gasteiger partial charge in [-0.25, -0.2) is 0 Å². The number of aliphatic hydroxyl groups is 1. The van der Waals surface area contributed by atoms with Crippen LogP contribution in [0.3, 0.4) is 0 Å². The van der Waals surface area contributed by atoms with Crippen molar-refractivity contribution in [1.82, 2.24) is 0 Å². The Balaban J connectivity index is 2.31. The first-order valence-electron chi connectivity index (χ1n) is 5.76. The number of aryl methyl sites for hydroxylation is 1. The van der Waals surface area contributed by atoms with Crippen LogP contribution in [-0.2, 0) is 15.9 Å².